The second-order valence-electron chi connectivity index (χ2n) is 4.97. The van der Waals surface area contributed by atoms with Crippen molar-refractivity contribution in [3.05, 3.63) is 16.9 Å². The van der Waals surface area contributed by atoms with Crippen LogP contribution in [0.5, 0.6) is 0 Å². The molecule has 0 aliphatic carbocycles. The minimum Gasteiger partial charge on any atom is -0.330 e. The van der Waals surface area contributed by atoms with Crippen molar-refractivity contribution >= 4 is 23.5 Å². The van der Waals surface area contributed by atoms with Crippen molar-refractivity contribution < 1.29 is 4.79 Å². The number of anilines is 1. The lowest BCUT2D eigenvalue weighted by atomic mass is 9.94. The smallest absolute Gasteiger partial charge is 0.231 e. The van der Waals surface area contributed by atoms with Crippen LogP contribution in [0.1, 0.15) is 44.7 Å². The number of nitrogens with two attached hydrogens (primary N) is 1. The first-order chi connectivity index (χ1) is 9.55. The molecule has 0 saturated heterocycles. The van der Waals surface area contributed by atoms with Gasteiger partial charge in [0.2, 0.25) is 11.9 Å². The van der Waals surface area contributed by atoms with Crippen LogP contribution in [0, 0.1) is 12.8 Å². The monoisotopic (exact) mass is 298 g/mol. The van der Waals surface area contributed by atoms with E-state index in [2.05, 4.69) is 22.2 Å². The number of hydrogen-bond acceptors (Lipinski definition) is 4. The number of carbonyl (C=O) groups is 1. The first-order valence-electron chi connectivity index (χ1n) is 7.06. The zero-order chi connectivity index (χ0) is 15.0. The molecule has 0 bridgehead atoms. The molecule has 1 aromatic rings. The van der Waals surface area contributed by atoms with Crippen molar-refractivity contribution in [2.75, 3.05) is 11.9 Å². The number of carbonyl (C=O) groups excluding carboxylic acids is 1. The van der Waals surface area contributed by atoms with E-state index in [0.717, 1.165) is 31.4 Å². The summed E-state index contributed by atoms with van der Waals surface area (Å²) in [6.07, 6.45) is 4.49. The molecule has 1 aromatic heterocycles. The molecule has 1 unspecified atom stereocenters. The lowest BCUT2D eigenvalue weighted by Gasteiger charge is -2.14. The zero-order valence-corrected chi connectivity index (χ0v) is 12.9. The van der Waals surface area contributed by atoms with Crippen LogP contribution >= 0.6 is 11.6 Å². The molecule has 1 rings (SSSR count). The molecule has 112 valence electrons. The Labute approximate surface area is 125 Å². The van der Waals surface area contributed by atoms with Gasteiger partial charge >= 0.3 is 0 Å². The summed E-state index contributed by atoms with van der Waals surface area (Å²) in [5.74, 6) is 0.702. The lowest BCUT2D eigenvalue weighted by Crippen LogP contribution is -2.17. The molecule has 1 heterocycles. The highest BCUT2D eigenvalue weighted by atomic mass is 35.5. The number of amides is 1. The average Bonchev–Trinajstić information content (AvgIpc) is 2.35. The zero-order valence-electron chi connectivity index (χ0n) is 12.2. The molecule has 3 N–H and O–H groups in total. The standard InChI is InChI=1S/C14H23ClN4O/c1-3-4-11(7-8-16)5-6-13(20)19-14-17-10(2)9-12(15)18-14/h9,11H,3-8,16H2,1-2H3,(H,17,18,19,20). The quantitative estimate of drug-likeness (QED) is 0.723. The molecular formula is C14H23ClN4O. The van der Waals surface area contributed by atoms with Crippen molar-refractivity contribution in [1.82, 2.24) is 9.97 Å². The van der Waals surface area contributed by atoms with Crippen LogP contribution in [0.2, 0.25) is 5.15 Å². The van der Waals surface area contributed by atoms with Crippen LogP contribution in [0.4, 0.5) is 5.95 Å². The largest absolute Gasteiger partial charge is 0.330 e. The summed E-state index contributed by atoms with van der Waals surface area (Å²) in [6, 6.07) is 1.65. The summed E-state index contributed by atoms with van der Waals surface area (Å²) in [7, 11) is 0. The Balaban J connectivity index is 2.46. The molecule has 0 radical (unpaired) electrons. The summed E-state index contributed by atoms with van der Waals surface area (Å²) in [5, 5.41) is 3.02. The van der Waals surface area contributed by atoms with E-state index in [4.69, 9.17) is 17.3 Å². The van der Waals surface area contributed by atoms with Gasteiger partial charge in [-0.2, -0.15) is 0 Å². The summed E-state index contributed by atoms with van der Waals surface area (Å²) < 4.78 is 0. The fourth-order valence-electron chi connectivity index (χ4n) is 2.19. The topological polar surface area (TPSA) is 80.9 Å². The van der Waals surface area contributed by atoms with Gasteiger partial charge < -0.3 is 5.73 Å². The minimum atomic E-state index is -0.0789. The second kappa shape index (κ2) is 8.87. The normalized spacial score (nSPS) is 12.2. The second-order valence-corrected chi connectivity index (χ2v) is 5.36. The predicted molar refractivity (Wildman–Crippen MR) is 81.7 cm³/mol. The van der Waals surface area contributed by atoms with Crippen molar-refractivity contribution in [3.8, 4) is 0 Å². The van der Waals surface area contributed by atoms with Crippen molar-refractivity contribution in [1.29, 1.82) is 0 Å². The first-order valence-corrected chi connectivity index (χ1v) is 7.44. The van der Waals surface area contributed by atoms with Gasteiger partial charge in [0.1, 0.15) is 5.15 Å². The molecule has 5 nitrogen and oxygen atoms in total. The van der Waals surface area contributed by atoms with E-state index >= 15 is 0 Å². The number of nitrogens with one attached hydrogen (secondary N) is 1. The Hall–Kier alpha value is -1.20. The van der Waals surface area contributed by atoms with Crippen LogP contribution in [-0.4, -0.2) is 22.4 Å². The Morgan fingerprint density at radius 3 is 2.75 bits per heavy atom. The number of aromatic nitrogens is 2. The third-order valence-corrected chi connectivity index (χ3v) is 3.32. The van der Waals surface area contributed by atoms with E-state index in [1.54, 1.807) is 6.07 Å². The SMILES string of the molecule is CCCC(CCN)CCC(=O)Nc1nc(C)cc(Cl)n1. The molecular weight excluding hydrogens is 276 g/mol. The van der Waals surface area contributed by atoms with E-state index in [0.29, 0.717) is 24.0 Å². The van der Waals surface area contributed by atoms with Crippen molar-refractivity contribution in [2.45, 2.75) is 46.0 Å². The van der Waals surface area contributed by atoms with E-state index in [9.17, 15) is 4.79 Å². The van der Waals surface area contributed by atoms with E-state index in [1.807, 2.05) is 6.92 Å². The van der Waals surface area contributed by atoms with Crippen molar-refractivity contribution in [2.24, 2.45) is 11.7 Å². The van der Waals surface area contributed by atoms with Gasteiger partial charge in [-0.15, -0.1) is 0 Å². The van der Waals surface area contributed by atoms with Crippen LogP contribution in [-0.2, 0) is 4.79 Å². The number of hydrogen-bond donors (Lipinski definition) is 2. The summed E-state index contributed by atoms with van der Waals surface area (Å²) >= 11 is 5.83. The van der Waals surface area contributed by atoms with Gasteiger partial charge in [-0.05, 0) is 38.3 Å². The van der Waals surface area contributed by atoms with Gasteiger partial charge in [-0.25, -0.2) is 9.97 Å². The Bertz CT molecular complexity index is 413. The highest BCUT2D eigenvalue weighted by molar-refractivity contribution is 6.29. The number of nitrogens with zero attached hydrogens (tertiary/aromatic N) is 2. The lowest BCUT2D eigenvalue weighted by molar-refractivity contribution is -0.116. The molecule has 0 aromatic carbocycles. The van der Waals surface area contributed by atoms with Gasteiger partial charge in [-0.1, -0.05) is 31.4 Å². The molecule has 0 aliphatic heterocycles. The summed E-state index contributed by atoms with van der Waals surface area (Å²) in [4.78, 5) is 20.0. The fourth-order valence-corrected chi connectivity index (χ4v) is 2.42. The van der Waals surface area contributed by atoms with Gasteiger partial charge in [0.15, 0.2) is 0 Å². The maximum Gasteiger partial charge on any atom is 0.231 e. The van der Waals surface area contributed by atoms with E-state index in [-0.39, 0.29) is 11.9 Å². The number of rotatable bonds is 8. The molecule has 1 amide bonds. The third kappa shape index (κ3) is 6.30. The van der Waals surface area contributed by atoms with Gasteiger partial charge in [0.25, 0.3) is 0 Å². The molecule has 0 fully saturated rings. The highest BCUT2D eigenvalue weighted by Gasteiger charge is 2.11. The Morgan fingerprint density at radius 2 is 2.15 bits per heavy atom. The highest BCUT2D eigenvalue weighted by Crippen LogP contribution is 2.17. The van der Waals surface area contributed by atoms with Gasteiger partial charge in [0.05, 0.1) is 0 Å². The van der Waals surface area contributed by atoms with Crippen molar-refractivity contribution in [3.63, 3.8) is 0 Å². The molecule has 20 heavy (non-hydrogen) atoms. The molecule has 6 heteroatoms. The molecule has 0 aliphatic rings. The Kier molecular flexibility index (Phi) is 7.47. The number of aryl methyl sites for hydroxylation is 1. The van der Waals surface area contributed by atoms with Crippen LogP contribution in [0.15, 0.2) is 6.07 Å². The van der Waals surface area contributed by atoms with E-state index < -0.39 is 0 Å². The predicted octanol–water partition coefficient (Wildman–Crippen LogP) is 2.92. The number of halogens is 1. The molecule has 0 saturated carbocycles. The average molecular weight is 299 g/mol. The summed E-state index contributed by atoms with van der Waals surface area (Å²) in [6.45, 7) is 4.62. The first kappa shape index (κ1) is 16.9. The van der Waals surface area contributed by atoms with Crippen LogP contribution < -0.4 is 11.1 Å². The maximum atomic E-state index is 11.9. The van der Waals surface area contributed by atoms with Gasteiger partial charge in [0, 0.05) is 12.1 Å². The Morgan fingerprint density at radius 1 is 1.40 bits per heavy atom. The van der Waals surface area contributed by atoms with E-state index in [1.165, 1.54) is 0 Å². The van der Waals surface area contributed by atoms with Crippen LogP contribution in [0.3, 0.4) is 0 Å². The van der Waals surface area contributed by atoms with Gasteiger partial charge in [-0.3, -0.25) is 10.1 Å². The third-order valence-electron chi connectivity index (χ3n) is 3.13. The molecule has 0 spiro atoms. The fraction of sp³-hybridized carbons (Fsp3) is 0.643. The maximum absolute atomic E-state index is 11.9. The molecule has 1 atom stereocenters. The summed E-state index contributed by atoms with van der Waals surface area (Å²) in [5.41, 5.74) is 6.32. The van der Waals surface area contributed by atoms with Crippen LogP contribution in [0.25, 0.3) is 0 Å². The minimum absolute atomic E-state index is 0.0789.